The summed E-state index contributed by atoms with van der Waals surface area (Å²) in [4.78, 5) is 22.4. The quantitative estimate of drug-likeness (QED) is 0.327. The van der Waals surface area contributed by atoms with Gasteiger partial charge in [0.25, 0.3) is 5.69 Å². The number of benzene rings is 2. The van der Waals surface area contributed by atoms with Crippen LogP contribution in [0.3, 0.4) is 0 Å². The minimum absolute atomic E-state index is 0.0585. The van der Waals surface area contributed by atoms with Crippen LogP contribution in [0.25, 0.3) is 6.08 Å². The third-order valence-electron chi connectivity index (χ3n) is 3.87. The number of esters is 1. The van der Waals surface area contributed by atoms with Gasteiger partial charge in [0.2, 0.25) is 0 Å². The maximum atomic E-state index is 12.1. The summed E-state index contributed by atoms with van der Waals surface area (Å²) in [7, 11) is 0. The standard InChI is InChI=1S/C19H16ClNO6/c1-12(14-3-2-4-15(11-14)21(23)24)27-18(22)6-5-13-9-16(20)19-17(10-13)25-7-8-26-19/h2-6,9-12H,7-8H2,1H3/b6-5+/t12-/m0/s1. The van der Waals surface area contributed by atoms with Crippen molar-refractivity contribution < 1.29 is 23.9 Å². The van der Waals surface area contributed by atoms with Crippen LogP contribution in [0.15, 0.2) is 42.5 Å². The molecule has 0 saturated heterocycles. The van der Waals surface area contributed by atoms with E-state index in [2.05, 4.69) is 0 Å². The fraction of sp³-hybridized carbons (Fsp3) is 0.211. The number of halogens is 1. The van der Waals surface area contributed by atoms with Crippen molar-refractivity contribution in [2.75, 3.05) is 13.2 Å². The third kappa shape index (κ3) is 4.57. The van der Waals surface area contributed by atoms with Gasteiger partial charge in [0.15, 0.2) is 11.5 Å². The monoisotopic (exact) mass is 389 g/mol. The van der Waals surface area contributed by atoms with E-state index in [0.717, 1.165) is 0 Å². The van der Waals surface area contributed by atoms with Gasteiger partial charge < -0.3 is 14.2 Å². The topological polar surface area (TPSA) is 87.9 Å². The second-order valence-electron chi connectivity index (χ2n) is 5.79. The maximum Gasteiger partial charge on any atom is 0.331 e. The van der Waals surface area contributed by atoms with Crippen LogP contribution in [0.5, 0.6) is 11.5 Å². The van der Waals surface area contributed by atoms with E-state index in [-0.39, 0.29) is 5.69 Å². The molecular formula is C19H16ClNO6. The molecule has 0 spiro atoms. The Morgan fingerprint density at radius 2 is 2.07 bits per heavy atom. The fourth-order valence-electron chi connectivity index (χ4n) is 2.56. The van der Waals surface area contributed by atoms with Gasteiger partial charge in [-0.2, -0.15) is 0 Å². The Hall–Kier alpha value is -3.06. The van der Waals surface area contributed by atoms with E-state index >= 15 is 0 Å². The van der Waals surface area contributed by atoms with E-state index in [1.807, 2.05) is 0 Å². The summed E-state index contributed by atoms with van der Waals surface area (Å²) in [5, 5.41) is 11.2. The first-order valence-electron chi connectivity index (χ1n) is 8.16. The molecule has 7 nitrogen and oxygen atoms in total. The van der Waals surface area contributed by atoms with E-state index in [1.54, 1.807) is 37.3 Å². The SMILES string of the molecule is C[C@H](OC(=O)/C=C/c1cc(Cl)c2c(c1)OCCO2)c1cccc([N+](=O)[O-])c1. The normalized spacial score (nSPS) is 14.0. The minimum Gasteiger partial charge on any atom is -0.486 e. The van der Waals surface area contributed by atoms with E-state index in [0.29, 0.717) is 40.9 Å². The number of hydrogen-bond acceptors (Lipinski definition) is 6. The number of fused-ring (bicyclic) bond motifs is 1. The third-order valence-corrected chi connectivity index (χ3v) is 4.16. The Bertz CT molecular complexity index is 911. The molecule has 1 aliphatic rings. The van der Waals surface area contributed by atoms with Crippen LogP contribution in [-0.4, -0.2) is 24.1 Å². The minimum atomic E-state index is -0.633. The van der Waals surface area contributed by atoms with Crippen LogP contribution in [0.1, 0.15) is 24.2 Å². The number of carbonyl (C=O) groups excluding carboxylic acids is 1. The molecule has 1 atom stereocenters. The van der Waals surface area contributed by atoms with Crippen LogP contribution in [0.4, 0.5) is 5.69 Å². The molecule has 1 aliphatic heterocycles. The molecule has 3 rings (SSSR count). The number of nitrogens with zero attached hydrogens (tertiary/aromatic N) is 1. The van der Waals surface area contributed by atoms with Gasteiger partial charge in [-0.05, 0) is 36.3 Å². The molecular weight excluding hydrogens is 374 g/mol. The van der Waals surface area contributed by atoms with Crippen LogP contribution in [0.2, 0.25) is 5.02 Å². The second kappa shape index (κ2) is 8.09. The van der Waals surface area contributed by atoms with E-state index < -0.39 is 17.0 Å². The summed E-state index contributed by atoms with van der Waals surface area (Å²) >= 11 is 6.16. The number of rotatable bonds is 5. The van der Waals surface area contributed by atoms with Crippen molar-refractivity contribution in [1.29, 1.82) is 0 Å². The van der Waals surface area contributed by atoms with E-state index in [4.69, 9.17) is 25.8 Å². The van der Waals surface area contributed by atoms with Crippen molar-refractivity contribution >= 4 is 29.3 Å². The predicted octanol–water partition coefficient (Wildman–Crippen LogP) is 4.34. The zero-order valence-electron chi connectivity index (χ0n) is 14.4. The van der Waals surface area contributed by atoms with Crippen LogP contribution < -0.4 is 9.47 Å². The van der Waals surface area contributed by atoms with Gasteiger partial charge in [0.1, 0.15) is 19.3 Å². The van der Waals surface area contributed by atoms with Gasteiger partial charge in [-0.15, -0.1) is 0 Å². The largest absolute Gasteiger partial charge is 0.486 e. The average molecular weight is 390 g/mol. The first kappa shape index (κ1) is 18.7. The zero-order chi connectivity index (χ0) is 19.4. The summed E-state index contributed by atoms with van der Waals surface area (Å²) < 4.78 is 16.2. The Kier molecular flexibility index (Phi) is 5.61. The molecule has 0 bridgehead atoms. The van der Waals surface area contributed by atoms with Gasteiger partial charge in [0.05, 0.1) is 9.95 Å². The number of hydrogen-bond donors (Lipinski definition) is 0. The van der Waals surface area contributed by atoms with E-state index in [1.165, 1.54) is 18.2 Å². The lowest BCUT2D eigenvalue weighted by molar-refractivity contribution is -0.385. The number of nitro benzene ring substituents is 1. The predicted molar refractivity (Wildman–Crippen MR) is 99.1 cm³/mol. The van der Waals surface area contributed by atoms with Gasteiger partial charge in [-0.25, -0.2) is 4.79 Å². The Morgan fingerprint density at radius 3 is 2.85 bits per heavy atom. The summed E-state index contributed by atoms with van der Waals surface area (Å²) in [6, 6.07) is 9.34. The van der Waals surface area contributed by atoms with Gasteiger partial charge >= 0.3 is 5.97 Å². The molecule has 2 aromatic rings. The summed E-state index contributed by atoms with van der Waals surface area (Å²) in [6.07, 6.45) is 2.17. The number of carbonyl (C=O) groups is 1. The van der Waals surface area contributed by atoms with Crippen molar-refractivity contribution in [2.45, 2.75) is 13.0 Å². The molecule has 0 N–H and O–H groups in total. The summed E-state index contributed by atoms with van der Waals surface area (Å²) in [5.74, 6) is 0.425. The Labute approximate surface area is 160 Å². The van der Waals surface area contributed by atoms with Crippen LogP contribution >= 0.6 is 11.6 Å². The highest BCUT2D eigenvalue weighted by Crippen LogP contribution is 2.38. The molecule has 0 amide bonds. The fourth-order valence-corrected chi connectivity index (χ4v) is 2.84. The van der Waals surface area contributed by atoms with Crippen molar-refractivity contribution in [2.24, 2.45) is 0 Å². The molecule has 0 fully saturated rings. The van der Waals surface area contributed by atoms with Crippen molar-refractivity contribution in [3.8, 4) is 11.5 Å². The summed E-state index contributed by atoms with van der Waals surface area (Å²) in [5.41, 5.74) is 1.13. The molecule has 0 aromatic heterocycles. The smallest absolute Gasteiger partial charge is 0.331 e. The molecule has 27 heavy (non-hydrogen) atoms. The molecule has 0 saturated carbocycles. The Balaban J connectivity index is 1.68. The van der Waals surface area contributed by atoms with Crippen LogP contribution in [0, 0.1) is 10.1 Å². The first-order valence-corrected chi connectivity index (χ1v) is 8.54. The number of ether oxygens (including phenoxy) is 3. The molecule has 1 heterocycles. The molecule has 2 aromatic carbocycles. The molecule has 0 aliphatic carbocycles. The highest BCUT2D eigenvalue weighted by Gasteiger charge is 2.17. The molecule has 140 valence electrons. The average Bonchev–Trinajstić information content (AvgIpc) is 2.66. The maximum absolute atomic E-state index is 12.1. The molecule has 8 heteroatoms. The van der Waals surface area contributed by atoms with Crippen molar-refractivity contribution in [3.05, 3.63) is 68.7 Å². The molecule has 0 unspecified atom stereocenters. The second-order valence-corrected chi connectivity index (χ2v) is 6.20. The Morgan fingerprint density at radius 1 is 1.30 bits per heavy atom. The van der Waals surface area contributed by atoms with Crippen LogP contribution in [-0.2, 0) is 9.53 Å². The van der Waals surface area contributed by atoms with Gasteiger partial charge in [-0.1, -0.05) is 23.7 Å². The van der Waals surface area contributed by atoms with Gasteiger partial charge in [0, 0.05) is 18.2 Å². The number of nitro groups is 1. The lowest BCUT2D eigenvalue weighted by Gasteiger charge is -2.19. The highest BCUT2D eigenvalue weighted by atomic mass is 35.5. The van der Waals surface area contributed by atoms with E-state index in [9.17, 15) is 14.9 Å². The van der Waals surface area contributed by atoms with Gasteiger partial charge in [-0.3, -0.25) is 10.1 Å². The summed E-state index contributed by atoms with van der Waals surface area (Å²) in [6.45, 7) is 2.51. The lowest BCUT2D eigenvalue weighted by atomic mass is 10.1. The highest BCUT2D eigenvalue weighted by molar-refractivity contribution is 6.32. The number of non-ortho nitro benzene ring substituents is 1. The van der Waals surface area contributed by atoms with Crippen molar-refractivity contribution in [3.63, 3.8) is 0 Å². The lowest BCUT2D eigenvalue weighted by Crippen LogP contribution is -2.15. The first-order chi connectivity index (χ1) is 12.9. The molecule has 0 radical (unpaired) electrons. The zero-order valence-corrected chi connectivity index (χ0v) is 15.1. The van der Waals surface area contributed by atoms with Crippen molar-refractivity contribution in [1.82, 2.24) is 0 Å².